The molecule has 6 heteroatoms. The van der Waals surface area contributed by atoms with Crippen molar-refractivity contribution in [2.24, 2.45) is 0 Å². The Hall–Kier alpha value is -2.40. The Morgan fingerprint density at radius 2 is 1.88 bits per heavy atom. The van der Waals surface area contributed by atoms with Gasteiger partial charge in [0.1, 0.15) is 11.5 Å². The van der Waals surface area contributed by atoms with E-state index in [1.165, 1.54) is 0 Å². The van der Waals surface area contributed by atoms with Crippen LogP contribution in [0.5, 0.6) is 11.5 Å². The van der Waals surface area contributed by atoms with Gasteiger partial charge in [0.15, 0.2) is 0 Å². The molecular weight excluding hydrogens is 352 g/mol. The van der Waals surface area contributed by atoms with E-state index < -0.39 is 0 Å². The molecule has 0 aliphatic carbocycles. The Morgan fingerprint density at radius 3 is 2.54 bits per heavy atom. The highest BCUT2D eigenvalue weighted by atomic mass is 35.5. The Bertz CT molecular complexity index is 773. The quantitative estimate of drug-likeness (QED) is 0.857. The highest BCUT2D eigenvalue weighted by Crippen LogP contribution is 2.31. The van der Waals surface area contributed by atoms with E-state index in [1.54, 1.807) is 38.5 Å². The molecule has 1 amide bonds. The van der Waals surface area contributed by atoms with Crippen LogP contribution < -0.4 is 14.8 Å². The summed E-state index contributed by atoms with van der Waals surface area (Å²) in [5.74, 6) is 1.55. The van der Waals surface area contributed by atoms with E-state index >= 15 is 0 Å². The van der Waals surface area contributed by atoms with Crippen LogP contribution in [-0.2, 0) is 0 Å². The second kappa shape index (κ2) is 8.32. The molecule has 1 heterocycles. The Morgan fingerprint density at radius 1 is 1.12 bits per heavy atom. The minimum absolute atomic E-state index is 0.0352. The van der Waals surface area contributed by atoms with E-state index in [1.807, 2.05) is 23.1 Å². The van der Waals surface area contributed by atoms with Crippen LogP contribution in [0.4, 0.5) is 5.69 Å². The number of piperidine rings is 1. The predicted octanol–water partition coefficient (Wildman–Crippen LogP) is 4.07. The molecule has 3 rings (SSSR count). The van der Waals surface area contributed by atoms with Gasteiger partial charge in [-0.05, 0) is 43.2 Å². The third-order valence-electron chi connectivity index (χ3n) is 4.62. The Labute approximate surface area is 158 Å². The van der Waals surface area contributed by atoms with E-state index in [4.69, 9.17) is 21.1 Å². The van der Waals surface area contributed by atoms with Crippen molar-refractivity contribution >= 4 is 23.2 Å². The number of halogens is 1. The minimum Gasteiger partial charge on any atom is -0.497 e. The summed E-state index contributed by atoms with van der Waals surface area (Å²) in [6.07, 6.45) is 1.75. The molecule has 0 bridgehead atoms. The first-order valence-electron chi connectivity index (χ1n) is 8.64. The molecule has 1 aliphatic heterocycles. The van der Waals surface area contributed by atoms with Gasteiger partial charge in [-0.1, -0.05) is 17.7 Å². The van der Waals surface area contributed by atoms with Crippen molar-refractivity contribution in [3.05, 3.63) is 53.1 Å². The van der Waals surface area contributed by atoms with Gasteiger partial charge in [-0.15, -0.1) is 0 Å². The molecule has 1 aliphatic rings. The van der Waals surface area contributed by atoms with E-state index in [-0.39, 0.29) is 5.91 Å². The normalized spacial score (nSPS) is 14.8. The second-order valence-electron chi connectivity index (χ2n) is 6.29. The smallest absolute Gasteiger partial charge is 0.253 e. The molecule has 1 fully saturated rings. The van der Waals surface area contributed by atoms with Gasteiger partial charge in [0.25, 0.3) is 5.91 Å². The molecule has 2 aromatic carbocycles. The predicted molar refractivity (Wildman–Crippen MR) is 104 cm³/mol. The largest absolute Gasteiger partial charge is 0.497 e. The van der Waals surface area contributed by atoms with Crippen molar-refractivity contribution in [1.29, 1.82) is 0 Å². The lowest BCUT2D eigenvalue weighted by atomic mass is 10.0. The maximum Gasteiger partial charge on any atom is 0.253 e. The lowest BCUT2D eigenvalue weighted by molar-refractivity contribution is 0.0718. The highest BCUT2D eigenvalue weighted by Gasteiger charge is 2.24. The molecule has 26 heavy (non-hydrogen) atoms. The van der Waals surface area contributed by atoms with Crippen LogP contribution in [0.3, 0.4) is 0 Å². The average molecular weight is 375 g/mol. The minimum atomic E-state index is 0.0352. The first-order valence-corrected chi connectivity index (χ1v) is 9.02. The van der Waals surface area contributed by atoms with E-state index in [2.05, 4.69) is 5.32 Å². The van der Waals surface area contributed by atoms with Crippen LogP contribution in [0.25, 0.3) is 0 Å². The summed E-state index contributed by atoms with van der Waals surface area (Å²) in [6, 6.07) is 13.1. The van der Waals surface area contributed by atoms with Crippen LogP contribution in [-0.4, -0.2) is 44.2 Å². The lowest BCUT2D eigenvalue weighted by Gasteiger charge is -2.33. The SMILES string of the molecule is COc1ccc(NC2CCN(C(=O)c3cccc(Cl)c3)CC2)c(OC)c1. The standard InChI is InChI=1S/C20H23ClN2O3/c1-25-17-6-7-18(19(13-17)26-2)22-16-8-10-23(11-9-16)20(24)14-4-3-5-15(21)12-14/h3-7,12-13,16,22H,8-11H2,1-2H3. The number of likely N-dealkylation sites (tertiary alicyclic amines) is 1. The number of rotatable bonds is 5. The fourth-order valence-electron chi connectivity index (χ4n) is 3.17. The molecule has 1 N–H and O–H groups in total. The maximum atomic E-state index is 12.6. The van der Waals surface area contributed by atoms with Crippen molar-refractivity contribution in [1.82, 2.24) is 4.90 Å². The van der Waals surface area contributed by atoms with Gasteiger partial charge in [-0.2, -0.15) is 0 Å². The number of methoxy groups -OCH3 is 2. The molecular formula is C20H23ClN2O3. The molecule has 0 spiro atoms. The molecule has 0 radical (unpaired) electrons. The number of nitrogens with one attached hydrogen (secondary N) is 1. The summed E-state index contributed by atoms with van der Waals surface area (Å²) in [4.78, 5) is 14.5. The van der Waals surface area contributed by atoms with Crippen LogP contribution >= 0.6 is 11.6 Å². The zero-order chi connectivity index (χ0) is 18.5. The van der Waals surface area contributed by atoms with Crippen LogP contribution in [0.15, 0.2) is 42.5 Å². The van der Waals surface area contributed by atoms with Crippen molar-refractivity contribution in [3.63, 3.8) is 0 Å². The first kappa shape index (κ1) is 18.4. The number of nitrogens with zero attached hydrogens (tertiary/aromatic N) is 1. The van der Waals surface area contributed by atoms with Crippen molar-refractivity contribution in [3.8, 4) is 11.5 Å². The highest BCUT2D eigenvalue weighted by molar-refractivity contribution is 6.30. The molecule has 1 saturated heterocycles. The number of amides is 1. The van der Waals surface area contributed by atoms with E-state index in [0.29, 0.717) is 29.7 Å². The number of hydrogen-bond donors (Lipinski definition) is 1. The van der Waals surface area contributed by atoms with Gasteiger partial charge in [0.05, 0.1) is 19.9 Å². The number of hydrogen-bond acceptors (Lipinski definition) is 4. The monoisotopic (exact) mass is 374 g/mol. The fraction of sp³-hybridized carbons (Fsp3) is 0.350. The summed E-state index contributed by atoms with van der Waals surface area (Å²) in [6.45, 7) is 1.42. The number of anilines is 1. The molecule has 0 unspecified atom stereocenters. The number of carbonyl (C=O) groups excluding carboxylic acids is 1. The molecule has 2 aromatic rings. The van der Waals surface area contributed by atoms with Gasteiger partial charge in [0, 0.05) is 35.8 Å². The van der Waals surface area contributed by atoms with Gasteiger partial charge in [-0.3, -0.25) is 4.79 Å². The second-order valence-corrected chi connectivity index (χ2v) is 6.72. The zero-order valence-corrected chi connectivity index (χ0v) is 15.8. The van der Waals surface area contributed by atoms with Crippen molar-refractivity contribution in [2.75, 3.05) is 32.6 Å². The number of benzene rings is 2. The van der Waals surface area contributed by atoms with Gasteiger partial charge >= 0.3 is 0 Å². The molecule has 0 atom stereocenters. The lowest BCUT2D eigenvalue weighted by Crippen LogP contribution is -2.42. The third kappa shape index (κ3) is 4.22. The summed E-state index contributed by atoms with van der Waals surface area (Å²) < 4.78 is 10.7. The summed E-state index contributed by atoms with van der Waals surface area (Å²) >= 11 is 5.99. The fourth-order valence-corrected chi connectivity index (χ4v) is 3.36. The first-order chi connectivity index (χ1) is 12.6. The Kier molecular flexibility index (Phi) is 5.89. The maximum absolute atomic E-state index is 12.6. The summed E-state index contributed by atoms with van der Waals surface area (Å²) in [5.41, 5.74) is 1.58. The van der Waals surface area contributed by atoms with Gasteiger partial charge in [-0.25, -0.2) is 0 Å². The topological polar surface area (TPSA) is 50.8 Å². The third-order valence-corrected chi connectivity index (χ3v) is 4.86. The molecule has 0 aromatic heterocycles. The van der Waals surface area contributed by atoms with E-state index in [0.717, 1.165) is 30.0 Å². The summed E-state index contributed by atoms with van der Waals surface area (Å²) in [5, 5.41) is 4.10. The molecule has 0 saturated carbocycles. The average Bonchev–Trinajstić information content (AvgIpc) is 2.68. The van der Waals surface area contributed by atoms with Crippen LogP contribution in [0.1, 0.15) is 23.2 Å². The zero-order valence-electron chi connectivity index (χ0n) is 15.0. The van der Waals surface area contributed by atoms with E-state index in [9.17, 15) is 4.79 Å². The van der Waals surface area contributed by atoms with Gasteiger partial charge < -0.3 is 19.7 Å². The Balaban J connectivity index is 1.60. The summed E-state index contributed by atoms with van der Waals surface area (Å²) in [7, 11) is 3.28. The van der Waals surface area contributed by atoms with Crippen LogP contribution in [0, 0.1) is 0 Å². The number of carbonyl (C=O) groups is 1. The van der Waals surface area contributed by atoms with Crippen LogP contribution in [0.2, 0.25) is 5.02 Å². The molecule has 138 valence electrons. The van der Waals surface area contributed by atoms with Gasteiger partial charge in [0.2, 0.25) is 0 Å². The number of ether oxygens (including phenoxy) is 2. The molecule has 5 nitrogen and oxygen atoms in total. The van der Waals surface area contributed by atoms with Crippen molar-refractivity contribution < 1.29 is 14.3 Å². The van der Waals surface area contributed by atoms with Crippen molar-refractivity contribution in [2.45, 2.75) is 18.9 Å².